The van der Waals surface area contributed by atoms with E-state index in [0.29, 0.717) is 23.8 Å². The van der Waals surface area contributed by atoms with Gasteiger partial charge < -0.3 is 14.8 Å². The first-order chi connectivity index (χ1) is 12.9. The van der Waals surface area contributed by atoms with Gasteiger partial charge in [0, 0.05) is 6.54 Å². The molecule has 0 saturated carbocycles. The smallest absolute Gasteiger partial charge is 0.338 e. The van der Waals surface area contributed by atoms with Gasteiger partial charge in [-0.05, 0) is 54.3 Å². The second-order valence-corrected chi connectivity index (χ2v) is 6.53. The number of hydrogen-bond donors (Lipinski definition) is 1. The highest BCUT2D eigenvalue weighted by molar-refractivity contribution is 5.91. The lowest BCUT2D eigenvalue weighted by Gasteiger charge is -2.09. The normalized spacial score (nSPS) is 10.5. The number of ether oxygens (including phenoxy) is 2. The van der Waals surface area contributed by atoms with E-state index in [4.69, 9.17) is 9.47 Å². The monoisotopic (exact) mass is 373 g/mol. The Balaban J connectivity index is 1.72. The van der Waals surface area contributed by atoms with Crippen molar-refractivity contribution < 1.29 is 23.5 Å². The number of hydrogen-bond acceptors (Lipinski definition) is 4. The Morgan fingerprint density at radius 1 is 1.04 bits per heavy atom. The summed E-state index contributed by atoms with van der Waals surface area (Å²) < 4.78 is 23.4. The zero-order valence-corrected chi connectivity index (χ0v) is 15.5. The van der Waals surface area contributed by atoms with Crippen LogP contribution in [0.2, 0.25) is 0 Å². The van der Waals surface area contributed by atoms with Crippen molar-refractivity contribution in [2.24, 2.45) is 5.92 Å². The van der Waals surface area contributed by atoms with Crippen molar-refractivity contribution in [2.75, 3.05) is 13.2 Å². The zero-order valence-electron chi connectivity index (χ0n) is 15.5. The Morgan fingerprint density at radius 2 is 1.70 bits per heavy atom. The average molecular weight is 373 g/mol. The molecule has 5 nitrogen and oxygen atoms in total. The number of carbonyl (C=O) groups is 2. The van der Waals surface area contributed by atoms with Crippen LogP contribution in [-0.4, -0.2) is 25.1 Å². The van der Waals surface area contributed by atoms with E-state index in [0.717, 1.165) is 12.0 Å². The van der Waals surface area contributed by atoms with Crippen LogP contribution < -0.4 is 10.1 Å². The van der Waals surface area contributed by atoms with Crippen molar-refractivity contribution >= 4 is 11.9 Å². The number of amides is 1. The first-order valence-corrected chi connectivity index (χ1v) is 8.85. The molecule has 0 aliphatic heterocycles. The molecule has 0 aliphatic carbocycles. The summed E-state index contributed by atoms with van der Waals surface area (Å²) in [6.07, 6.45) is 0.955. The van der Waals surface area contributed by atoms with Crippen LogP contribution in [0.4, 0.5) is 4.39 Å². The molecule has 0 aliphatic rings. The molecule has 0 atom stereocenters. The van der Waals surface area contributed by atoms with Crippen molar-refractivity contribution in [3.8, 4) is 5.75 Å². The lowest BCUT2D eigenvalue weighted by atomic mass is 10.1. The second kappa shape index (κ2) is 10.3. The summed E-state index contributed by atoms with van der Waals surface area (Å²) in [7, 11) is 0. The summed E-state index contributed by atoms with van der Waals surface area (Å²) >= 11 is 0. The SMILES string of the molecule is CC(C)CCOc1ccc(C(=O)OCC(=O)NCc2ccc(F)cc2)cc1. The first kappa shape index (κ1) is 20.4. The summed E-state index contributed by atoms with van der Waals surface area (Å²) in [5.41, 5.74) is 1.10. The minimum atomic E-state index is -0.583. The Morgan fingerprint density at radius 3 is 2.33 bits per heavy atom. The van der Waals surface area contributed by atoms with E-state index in [-0.39, 0.29) is 19.0 Å². The highest BCUT2D eigenvalue weighted by Crippen LogP contribution is 2.14. The molecule has 27 heavy (non-hydrogen) atoms. The van der Waals surface area contributed by atoms with E-state index in [1.54, 1.807) is 36.4 Å². The van der Waals surface area contributed by atoms with E-state index in [1.807, 2.05) is 0 Å². The number of carbonyl (C=O) groups excluding carboxylic acids is 2. The van der Waals surface area contributed by atoms with Crippen molar-refractivity contribution in [1.82, 2.24) is 5.32 Å². The summed E-state index contributed by atoms with van der Waals surface area (Å²) in [6, 6.07) is 12.4. The Labute approximate surface area is 158 Å². The van der Waals surface area contributed by atoms with Gasteiger partial charge in [0.1, 0.15) is 11.6 Å². The van der Waals surface area contributed by atoms with Crippen LogP contribution in [0.5, 0.6) is 5.75 Å². The van der Waals surface area contributed by atoms with Gasteiger partial charge in [-0.15, -0.1) is 0 Å². The van der Waals surface area contributed by atoms with Crippen LogP contribution in [0.25, 0.3) is 0 Å². The van der Waals surface area contributed by atoms with Crippen LogP contribution in [0, 0.1) is 11.7 Å². The maximum atomic E-state index is 12.8. The molecule has 6 heteroatoms. The Hall–Kier alpha value is -2.89. The molecule has 144 valence electrons. The lowest BCUT2D eigenvalue weighted by molar-refractivity contribution is -0.124. The highest BCUT2D eigenvalue weighted by Gasteiger charge is 2.10. The zero-order chi connectivity index (χ0) is 19.6. The van der Waals surface area contributed by atoms with Crippen molar-refractivity contribution in [3.63, 3.8) is 0 Å². The molecule has 0 aromatic heterocycles. The molecule has 2 rings (SSSR count). The second-order valence-electron chi connectivity index (χ2n) is 6.53. The fraction of sp³-hybridized carbons (Fsp3) is 0.333. The molecule has 0 fully saturated rings. The van der Waals surface area contributed by atoms with Crippen molar-refractivity contribution in [1.29, 1.82) is 0 Å². The molecule has 2 aromatic carbocycles. The largest absolute Gasteiger partial charge is 0.494 e. The number of rotatable bonds is 9. The van der Waals surface area contributed by atoms with Crippen LogP contribution in [0.3, 0.4) is 0 Å². The minimum absolute atomic E-state index is 0.235. The third-order valence-electron chi connectivity index (χ3n) is 3.79. The quantitative estimate of drug-likeness (QED) is 0.681. The molecular formula is C21H24FNO4. The third-order valence-corrected chi connectivity index (χ3v) is 3.79. The molecule has 0 saturated heterocycles. The minimum Gasteiger partial charge on any atom is -0.494 e. The maximum Gasteiger partial charge on any atom is 0.338 e. The van der Waals surface area contributed by atoms with Gasteiger partial charge in [0.25, 0.3) is 5.91 Å². The van der Waals surface area contributed by atoms with Gasteiger partial charge in [0.15, 0.2) is 6.61 Å². The van der Waals surface area contributed by atoms with Gasteiger partial charge in [0.05, 0.1) is 12.2 Å². The number of benzene rings is 2. The summed E-state index contributed by atoms with van der Waals surface area (Å²) in [5.74, 6) is -0.102. The topological polar surface area (TPSA) is 64.6 Å². The predicted molar refractivity (Wildman–Crippen MR) is 99.9 cm³/mol. The Kier molecular flexibility index (Phi) is 7.79. The highest BCUT2D eigenvalue weighted by atomic mass is 19.1. The summed E-state index contributed by atoms with van der Waals surface area (Å²) in [4.78, 5) is 23.8. The number of esters is 1. The van der Waals surface area contributed by atoms with E-state index in [1.165, 1.54) is 12.1 Å². The third kappa shape index (κ3) is 7.48. The van der Waals surface area contributed by atoms with Crippen molar-refractivity contribution in [3.05, 3.63) is 65.5 Å². The molecular weight excluding hydrogens is 349 g/mol. The molecule has 0 bridgehead atoms. The van der Waals surface area contributed by atoms with E-state index < -0.39 is 11.9 Å². The van der Waals surface area contributed by atoms with E-state index in [9.17, 15) is 14.0 Å². The molecule has 2 aromatic rings. The fourth-order valence-electron chi connectivity index (χ4n) is 2.17. The summed E-state index contributed by atoms with van der Waals surface area (Å²) in [6.45, 7) is 4.72. The van der Waals surface area contributed by atoms with Crippen LogP contribution >= 0.6 is 0 Å². The lowest BCUT2D eigenvalue weighted by Crippen LogP contribution is -2.28. The van der Waals surface area contributed by atoms with E-state index >= 15 is 0 Å². The molecule has 1 N–H and O–H groups in total. The van der Waals surface area contributed by atoms with E-state index in [2.05, 4.69) is 19.2 Å². The number of nitrogens with one attached hydrogen (secondary N) is 1. The van der Waals surface area contributed by atoms with Crippen LogP contribution in [-0.2, 0) is 16.1 Å². The maximum absolute atomic E-state index is 12.8. The molecule has 0 unspecified atom stereocenters. The fourth-order valence-corrected chi connectivity index (χ4v) is 2.17. The van der Waals surface area contributed by atoms with Gasteiger partial charge in [-0.1, -0.05) is 26.0 Å². The molecule has 0 spiro atoms. The van der Waals surface area contributed by atoms with Gasteiger partial charge in [-0.3, -0.25) is 4.79 Å². The number of halogens is 1. The van der Waals surface area contributed by atoms with Crippen LogP contribution in [0.1, 0.15) is 36.2 Å². The standard InChI is InChI=1S/C21H24FNO4/c1-15(2)11-12-26-19-9-5-17(6-10-19)21(25)27-14-20(24)23-13-16-3-7-18(22)8-4-16/h3-10,15H,11-14H2,1-2H3,(H,23,24). The van der Waals surface area contributed by atoms with Gasteiger partial charge in [-0.25, -0.2) is 9.18 Å². The Bertz CT molecular complexity index is 742. The molecule has 0 heterocycles. The van der Waals surface area contributed by atoms with Gasteiger partial charge >= 0.3 is 5.97 Å². The van der Waals surface area contributed by atoms with Gasteiger partial charge in [-0.2, -0.15) is 0 Å². The van der Waals surface area contributed by atoms with Gasteiger partial charge in [0.2, 0.25) is 0 Å². The predicted octanol–water partition coefficient (Wildman–Crippen LogP) is 3.72. The molecule has 0 radical (unpaired) electrons. The average Bonchev–Trinajstić information content (AvgIpc) is 2.66. The molecule has 1 amide bonds. The summed E-state index contributed by atoms with van der Waals surface area (Å²) in [5, 5.41) is 2.61. The van der Waals surface area contributed by atoms with Crippen molar-refractivity contribution in [2.45, 2.75) is 26.8 Å². The van der Waals surface area contributed by atoms with Crippen LogP contribution in [0.15, 0.2) is 48.5 Å². The first-order valence-electron chi connectivity index (χ1n) is 8.85.